The van der Waals surface area contributed by atoms with E-state index in [1.54, 1.807) is 20.8 Å². The summed E-state index contributed by atoms with van der Waals surface area (Å²) >= 11 is 0. The second-order valence-corrected chi connectivity index (χ2v) is 3.23. The van der Waals surface area contributed by atoms with Crippen LogP contribution >= 0.6 is 0 Å². The summed E-state index contributed by atoms with van der Waals surface area (Å²) in [5.41, 5.74) is -0.489. The molecule has 0 aliphatic rings. The molecule has 0 bridgehead atoms. The fourth-order valence-electron chi connectivity index (χ4n) is 0.487. The Morgan fingerprint density at radius 2 is 2.17 bits per heavy atom. The van der Waals surface area contributed by atoms with Crippen LogP contribution in [0.4, 0.5) is 4.79 Å². The van der Waals surface area contributed by atoms with Crippen LogP contribution in [0.1, 0.15) is 20.8 Å². The number of hydrogen-bond acceptors (Lipinski definition) is 3. The normalized spacial score (nSPS) is 11.3. The number of amides is 1. The molecule has 0 aromatic carbocycles. The second kappa shape index (κ2) is 4.82. The Morgan fingerprint density at radius 3 is 2.58 bits per heavy atom. The van der Waals surface area contributed by atoms with Crippen molar-refractivity contribution >= 4 is 13.6 Å². The van der Waals surface area contributed by atoms with Crippen molar-refractivity contribution in [1.82, 2.24) is 5.32 Å². The van der Waals surface area contributed by atoms with Gasteiger partial charge in [0.1, 0.15) is 5.60 Å². The lowest BCUT2D eigenvalue weighted by molar-refractivity contribution is 0.0552. The molecule has 5 heteroatoms. The van der Waals surface area contributed by atoms with Crippen molar-refractivity contribution in [2.45, 2.75) is 26.4 Å². The summed E-state index contributed by atoms with van der Waals surface area (Å²) in [6.07, 6.45) is 0.820. The first-order valence-corrected chi connectivity index (χ1v) is 3.71. The van der Waals surface area contributed by atoms with Gasteiger partial charge in [0.2, 0.25) is 0 Å². The summed E-state index contributed by atoms with van der Waals surface area (Å²) in [5.74, 6) is 1.41. The number of nitrogens with one attached hydrogen (secondary N) is 1. The molecule has 0 unspecified atom stereocenters. The maximum Gasteiger partial charge on any atom is 0.411 e. The van der Waals surface area contributed by atoms with E-state index in [0.717, 1.165) is 0 Å². The third-order valence-electron chi connectivity index (χ3n) is 0.823. The summed E-state index contributed by atoms with van der Waals surface area (Å²) in [6.45, 7) is 5.34. The standard InChI is InChI=1S/C7H14BNO3/c1-7(2,3)12-6(10)9-5-4-8-11/h4-5,8,11H,1-3H3,(H,9,10)/b5-4+. The van der Waals surface area contributed by atoms with Crippen LogP contribution in [0.15, 0.2) is 12.2 Å². The highest BCUT2D eigenvalue weighted by molar-refractivity contribution is 6.32. The fourth-order valence-corrected chi connectivity index (χ4v) is 0.487. The lowest BCUT2D eigenvalue weighted by Crippen LogP contribution is -2.29. The molecule has 4 nitrogen and oxygen atoms in total. The molecular weight excluding hydrogens is 157 g/mol. The lowest BCUT2D eigenvalue weighted by Gasteiger charge is -2.18. The molecule has 68 valence electrons. The molecular formula is C7H14BNO3. The molecule has 2 N–H and O–H groups in total. The molecule has 0 aliphatic carbocycles. The molecule has 0 saturated heterocycles. The molecule has 0 rings (SSSR count). The van der Waals surface area contributed by atoms with Crippen LogP contribution in [0.2, 0.25) is 0 Å². The van der Waals surface area contributed by atoms with Crippen molar-refractivity contribution < 1.29 is 14.6 Å². The van der Waals surface area contributed by atoms with E-state index in [9.17, 15) is 4.79 Å². The van der Waals surface area contributed by atoms with Gasteiger partial charge in [0.05, 0.1) is 0 Å². The number of rotatable bonds is 2. The summed E-state index contributed by atoms with van der Waals surface area (Å²) in [7, 11) is -0.101. The largest absolute Gasteiger partial charge is 0.450 e. The van der Waals surface area contributed by atoms with E-state index in [2.05, 4.69) is 5.32 Å². The third kappa shape index (κ3) is 7.15. The van der Waals surface area contributed by atoms with E-state index in [0.29, 0.717) is 0 Å². The van der Waals surface area contributed by atoms with Crippen molar-refractivity contribution in [3.05, 3.63) is 12.2 Å². The number of carbonyl (C=O) groups is 1. The van der Waals surface area contributed by atoms with Crippen LogP contribution in [-0.2, 0) is 4.74 Å². The van der Waals surface area contributed by atoms with Gasteiger partial charge in [0.25, 0.3) is 7.48 Å². The van der Waals surface area contributed by atoms with E-state index in [-0.39, 0.29) is 7.48 Å². The molecule has 12 heavy (non-hydrogen) atoms. The number of carbonyl (C=O) groups excluding carboxylic acids is 1. The predicted molar refractivity (Wildman–Crippen MR) is 47.9 cm³/mol. The van der Waals surface area contributed by atoms with Gasteiger partial charge in [-0.25, -0.2) is 4.79 Å². The quantitative estimate of drug-likeness (QED) is 0.588. The van der Waals surface area contributed by atoms with E-state index in [4.69, 9.17) is 9.76 Å². The topological polar surface area (TPSA) is 58.6 Å². The summed E-state index contributed by atoms with van der Waals surface area (Å²) < 4.78 is 4.90. The lowest BCUT2D eigenvalue weighted by atomic mass is 10.0. The highest BCUT2D eigenvalue weighted by Crippen LogP contribution is 2.05. The first-order chi connectivity index (χ1) is 5.45. The van der Waals surface area contributed by atoms with Crippen LogP contribution < -0.4 is 5.32 Å². The van der Waals surface area contributed by atoms with Gasteiger partial charge in [-0.2, -0.15) is 0 Å². The van der Waals surface area contributed by atoms with Crippen LogP contribution in [0.5, 0.6) is 0 Å². The SMILES string of the molecule is CC(C)(C)OC(=O)N/C=C/BO. The maximum atomic E-state index is 10.9. The summed E-state index contributed by atoms with van der Waals surface area (Å²) in [4.78, 5) is 10.9. The highest BCUT2D eigenvalue weighted by atomic mass is 16.6. The van der Waals surface area contributed by atoms with Crippen LogP contribution in [0.25, 0.3) is 0 Å². The van der Waals surface area contributed by atoms with Crippen molar-refractivity contribution in [1.29, 1.82) is 0 Å². The monoisotopic (exact) mass is 171 g/mol. The first kappa shape index (κ1) is 11.0. The molecule has 0 aromatic heterocycles. The summed E-state index contributed by atoms with van der Waals surface area (Å²) in [5, 5.41) is 10.7. The van der Waals surface area contributed by atoms with E-state index in [1.165, 1.54) is 12.2 Å². The molecule has 0 spiro atoms. The van der Waals surface area contributed by atoms with Crippen molar-refractivity contribution in [3.8, 4) is 0 Å². The van der Waals surface area contributed by atoms with Crippen LogP contribution in [-0.4, -0.2) is 24.2 Å². The molecule has 0 atom stereocenters. The number of hydrogen-bond donors (Lipinski definition) is 2. The molecule has 0 aliphatic heterocycles. The zero-order valence-corrected chi connectivity index (χ0v) is 7.63. The van der Waals surface area contributed by atoms with Crippen molar-refractivity contribution in [2.75, 3.05) is 0 Å². The minimum absolute atomic E-state index is 0.101. The first-order valence-electron chi connectivity index (χ1n) is 3.71. The Morgan fingerprint density at radius 1 is 1.58 bits per heavy atom. The minimum atomic E-state index is -0.521. The molecule has 0 fully saturated rings. The van der Waals surface area contributed by atoms with Crippen LogP contribution in [0, 0.1) is 0 Å². The molecule has 0 aromatic rings. The summed E-state index contributed by atoms with van der Waals surface area (Å²) in [6, 6.07) is 0. The smallest absolute Gasteiger partial charge is 0.411 e. The average Bonchev–Trinajstić information content (AvgIpc) is 1.84. The fraction of sp³-hybridized carbons (Fsp3) is 0.571. The third-order valence-corrected chi connectivity index (χ3v) is 0.823. The van der Waals surface area contributed by atoms with Gasteiger partial charge < -0.3 is 9.76 Å². The van der Waals surface area contributed by atoms with Gasteiger partial charge in [-0.15, -0.1) is 0 Å². The molecule has 0 radical (unpaired) electrons. The Bertz CT molecular complexity index is 174. The van der Waals surface area contributed by atoms with E-state index < -0.39 is 11.7 Å². The minimum Gasteiger partial charge on any atom is -0.450 e. The number of alkyl carbamates (subject to hydrolysis) is 1. The van der Waals surface area contributed by atoms with Gasteiger partial charge in [0.15, 0.2) is 0 Å². The average molecular weight is 171 g/mol. The predicted octanol–water partition coefficient (Wildman–Crippen LogP) is 0.326. The van der Waals surface area contributed by atoms with E-state index in [1.807, 2.05) is 0 Å². The van der Waals surface area contributed by atoms with Crippen LogP contribution in [0.3, 0.4) is 0 Å². The zero-order valence-electron chi connectivity index (χ0n) is 7.63. The number of ether oxygens (including phenoxy) is 1. The van der Waals surface area contributed by atoms with Gasteiger partial charge in [-0.3, -0.25) is 5.32 Å². The Kier molecular flexibility index (Phi) is 4.43. The van der Waals surface area contributed by atoms with Crippen molar-refractivity contribution in [3.63, 3.8) is 0 Å². The molecule has 1 amide bonds. The molecule has 0 saturated carbocycles. The zero-order chi connectivity index (χ0) is 9.61. The van der Waals surface area contributed by atoms with Crippen molar-refractivity contribution in [2.24, 2.45) is 0 Å². The van der Waals surface area contributed by atoms with Gasteiger partial charge in [0, 0.05) is 0 Å². The maximum absolute atomic E-state index is 10.9. The van der Waals surface area contributed by atoms with E-state index >= 15 is 0 Å². The Hall–Kier alpha value is -0.965. The van der Waals surface area contributed by atoms with Gasteiger partial charge in [-0.05, 0) is 27.0 Å². The Balaban J connectivity index is 3.68. The Labute approximate surface area is 72.9 Å². The van der Waals surface area contributed by atoms with Gasteiger partial charge >= 0.3 is 6.09 Å². The van der Waals surface area contributed by atoms with Gasteiger partial charge in [-0.1, -0.05) is 5.98 Å². The molecule has 0 heterocycles. The second-order valence-electron chi connectivity index (χ2n) is 3.23. The highest BCUT2D eigenvalue weighted by Gasteiger charge is 2.14.